The van der Waals surface area contributed by atoms with Crippen LogP contribution in [0.25, 0.3) is 0 Å². The molecule has 21 heavy (non-hydrogen) atoms. The van der Waals surface area contributed by atoms with Gasteiger partial charge in [-0.3, -0.25) is 0 Å². The first kappa shape index (κ1) is 15.5. The Morgan fingerprint density at radius 3 is 2.62 bits per heavy atom. The maximum Gasteiger partial charge on any atom is 0.240 e. The molecule has 1 heterocycles. The van der Waals surface area contributed by atoms with E-state index in [2.05, 4.69) is 15.2 Å². The third kappa shape index (κ3) is 4.55. The molecule has 0 aliphatic rings. The molecule has 2 aromatic rings. The van der Waals surface area contributed by atoms with Gasteiger partial charge in [0.1, 0.15) is 12.4 Å². The summed E-state index contributed by atoms with van der Waals surface area (Å²) in [5.74, 6) is 1.07. The molecule has 0 atom stereocenters. The van der Waals surface area contributed by atoms with E-state index >= 15 is 0 Å². The summed E-state index contributed by atoms with van der Waals surface area (Å²) < 4.78 is 36.9. The molecule has 0 bridgehead atoms. The zero-order valence-electron chi connectivity index (χ0n) is 11.6. The molecule has 0 saturated heterocycles. The van der Waals surface area contributed by atoms with E-state index in [1.54, 1.807) is 18.2 Å². The number of nitrogens with one attached hydrogen (secondary N) is 2. The Balaban J connectivity index is 1.96. The Morgan fingerprint density at radius 2 is 2.00 bits per heavy atom. The van der Waals surface area contributed by atoms with Crippen molar-refractivity contribution in [2.45, 2.75) is 11.4 Å². The third-order valence-corrected chi connectivity index (χ3v) is 4.10. The van der Waals surface area contributed by atoms with Gasteiger partial charge in [0, 0.05) is 12.6 Å². The molecule has 0 saturated carbocycles. The number of benzene rings is 1. The maximum atomic E-state index is 12.1. The van der Waals surface area contributed by atoms with Gasteiger partial charge in [-0.25, -0.2) is 13.1 Å². The summed E-state index contributed by atoms with van der Waals surface area (Å²) in [6.07, 6.45) is 1.46. The molecule has 2 rings (SSSR count). The summed E-state index contributed by atoms with van der Waals surface area (Å²) in [5, 5.41) is 6.47. The van der Waals surface area contributed by atoms with Gasteiger partial charge in [-0.2, -0.15) is 0 Å². The molecule has 1 aromatic carbocycles. The van der Waals surface area contributed by atoms with Crippen molar-refractivity contribution < 1.29 is 17.7 Å². The molecule has 8 heteroatoms. The van der Waals surface area contributed by atoms with Crippen LogP contribution in [0, 0.1) is 0 Å². The smallest absolute Gasteiger partial charge is 0.240 e. The predicted molar refractivity (Wildman–Crippen MR) is 76.4 cm³/mol. The molecule has 0 radical (unpaired) electrons. The van der Waals surface area contributed by atoms with E-state index in [0.29, 0.717) is 18.1 Å². The summed E-state index contributed by atoms with van der Waals surface area (Å²) in [6, 6.07) is 7.84. The summed E-state index contributed by atoms with van der Waals surface area (Å²) in [7, 11) is -1.75. The fourth-order valence-corrected chi connectivity index (χ4v) is 2.56. The highest BCUT2D eigenvalue weighted by Gasteiger charge is 2.14. The number of rotatable bonds is 8. The molecule has 0 unspecified atom stereocenters. The Morgan fingerprint density at radius 1 is 1.24 bits per heavy atom. The fraction of sp³-hybridized carbons (Fsp3) is 0.308. The number of hydrogen-bond donors (Lipinski definition) is 2. The Labute approximate surface area is 123 Å². The topological polar surface area (TPSA) is 93.5 Å². The average molecular weight is 311 g/mol. The van der Waals surface area contributed by atoms with Crippen molar-refractivity contribution in [3.63, 3.8) is 0 Å². The lowest BCUT2D eigenvalue weighted by Crippen LogP contribution is -2.23. The van der Waals surface area contributed by atoms with Crippen molar-refractivity contribution in [1.29, 1.82) is 0 Å². The van der Waals surface area contributed by atoms with Gasteiger partial charge in [-0.1, -0.05) is 5.16 Å². The zero-order chi connectivity index (χ0) is 15.1. The van der Waals surface area contributed by atoms with Gasteiger partial charge >= 0.3 is 0 Å². The Hall–Kier alpha value is -1.90. The van der Waals surface area contributed by atoms with Crippen molar-refractivity contribution in [2.75, 3.05) is 20.2 Å². The molecular formula is C13H17N3O4S. The number of nitrogens with zero attached hydrogens (tertiary/aromatic N) is 1. The standard InChI is InChI=1S/C13H17N3O4S/c1-14-8-9-19-11-2-4-13(5-3-11)21(17,18)16-10-12-6-7-15-20-12/h2-7,14,16H,8-10H2,1H3. The minimum Gasteiger partial charge on any atom is -0.492 e. The summed E-state index contributed by atoms with van der Waals surface area (Å²) in [6.45, 7) is 1.30. The van der Waals surface area contributed by atoms with Crippen LogP contribution in [0.15, 0.2) is 45.9 Å². The molecule has 2 N–H and O–H groups in total. The van der Waals surface area contributed by atoms with Crippen LogP contribution in [-0.2, 0) is 16.6 Å². The highest BCUT2D eigenvalue weighted by atomic mass is 32.2. The van der Waals surface area contributed by atoms with Gasteiger partial charge in [0.05, 0.1) is 17.6 Å². The van der Waals surface area contributed by atoms with E-state index in [4.69, 9.17) is 9.26 Å². The Bertz CT molecular complexity index is 639. The first-order valence-corrected chi connectivity index (χ1v) is 7.87. The second kappa shape index (κ2) is 7.21. The van der Waals surface area contributed by atoms with E-state index < -0.39 is 10.0 Å². The minimum absolute atomic E-state index is 0.0583. The fourth-order valence-electron chi connectivity index (χ4n) is 1.57. The molecule has 7 nitrogen and oxygen atoms in total. The van der Waals surface area contributed by atoms with E-state index in [1.165, 1.54) is 18.3 Å². The van der Waals surface area contributed by atoms with Crippen molar-refractivity contribution in [2.24, 2.45) is 0 Å². The predicted octanol–water partition coefficient (Wildman–Crippen LogP) is 0.751. The van der Waals surface area contributed by atoms with E-state index in [9.17, 15) is 8.42 Å². The van der Waals surface area contributed by atoms with Crippen LogP contribution >= 0.6 is 0 Å². The molecule has 1 aromatic heterocycles. The molecule has 0 aliphatic heterocycles. The van der Waals surface area contributed by atoms with Crippen LogP contribution in [0.1, 0.15) is 5.76 Å². The van der Waals surface area contributed by atoms with E-state index in [1.807, 2.05) is 7.05 Å². The molecule has 0 amide bonds. The summed E-state index contributed by atoms with van der Waals surface area (Å²) in [4.78, 5) is 0.169. The first-order chi connectivity index (χ1) is 10.1. The molecule has 0 spiro atoms. The number of hydrogen-bond acceptors (Lipinski definition) is 6. The number of ether oxygens (including phenoxy) is 1. The monoisotopic (exact) mass is 311 g/mol. The van der Waals surface area contributed by atoms with Gasteiger partial charge in [-0.15, -0.1) is 0 Å². The summed E-state index contributed by atoms with van der Waals surface area (Å²) >= 11 is 0. The third-order valence-electron chi connectivity index (χ3n) is 2.68. The van der Waals surface area contributed by atoms with Crippen LogP contribution in [0.5, 0.6) is 5.75 Å². The number of aromatic nitrogens is 1. The van der Waals surface area contributed by atoms with Gasteiger partial charge in [0.15, 0.2) is 5.76 Å². The lowest BCUT2D eigenvalue weighted by molar-refractivity contribution is 0.318. The molecule has 0 fully saturated rings. The normalized spacial score (nSPS) is 11.5. The SMILES string of the molecule is CNCCOc1ccc(S(=O)(=O)NCc2ccno2)cc1. The highest BCUT2D eigenvalue weighted by Crippen LogP contribution is 2.16. The van der Waals surface area contributed by atoms with Crippen LogP contribution in [0.2, 0.25) is 0 Å². The lowest BCUT2D eigenvalue weighted by Gasteiger charge is -2.08. The highest BCUT2D eigenvalue weighted by molar-refractivity contribution is 7.89. The number of sulfonamides is 1. The minimum atomic E-state index is -3.58. The second-order valence-electron chi connectivity index (χ2n) is 4.23. The average Bonchev–Trinajstić information content (AvgIpc) is 3.00. The van der Waals surface area contributed by atoms with Gasteiger partial charge < -0.3 is 14.6 Å². The number of likely N-dealkylation sites (N-methyl/N-ethyl adjacent to an activating group) is 1. The van der Waals surface area contributed by atoms with Gasteiger partial charge in [0.25, 0.3) is 0 Å². The van der Waals surface area contributed by atoms with Crippen LogP contribution < -0.4 is 14.8 Å². The van der Waals surface area contributed by atoms with Crippen molar-refractivity contribution in [3.8, 4) is 5.75 Å². The quantitative estimate of drug-likeness (QED) is 0.699. The van der Waals surface area contributed by atoms with Crippen molar-refractivity contribution in [3.05, 3.63) is 42.3 Å². The van der Waals surface area contributed by atoms with Gasteiger partial charge in [0.2, 0.25) is 10.0 Å². The largest absolute Gasteiger partial charge is 0.492 e. The van der Waals surface area contributed by atoms with E-state index in [0.717, 1.165) is 6.54 Å². The van der Waals surface area contributed by atoms with Crippen LogP contribution in [-0.4, -0.2) is 33.8 Å². The second-order valence-corrected chi connectivity index (χ2v) is 5.99. The summed E-state index contributed by atoms with van der Waals surface area (Å²) in [5.41, 5.74) is 0. The van der Waals surface area contributed by atoms with E-state index in [-0.39, 0.29) is 11.4 Å². The molecular weight excluding hydrogens is 294 g/mol. The maximum absolute atomic E-state index is 12.1. The van der Waals surface area contributed by atoms with Crippen LogP contribution in [0.3, 0.4) is 0 Å². The molecule has 114 valence electrons. The van der Waals surface area contributed by atoms with Gasteiger partial charge in [-0.05, 0) is 31.3 Å². The van der Waals surface area contributed by atoms with Crippen molar-refractivity contribution >= 4 is 10.0 Å². The van der Waals surface area contributed by atoms with Crippen LogP contribution in [0.4, 0.5) is 0 Å². The zero-order valence-corrected chi connectivity index (χ0v) is 12.4. The lowest BCUT2D eigenvalue weighted by atomic mass is 10.3. The Kier molecular flexibility index (Phi) is 5.32. The van der Waals surface area contributed by atoms with Crippen molar-refractivity contribution in [1.82, 2.24) is 15.2 Å². The first-order valence-electron chi connectivity index (χ1n) is 6.38. The molecule has 0 aliphatic carbocycles.